The summed E-state index contributed by atoms with van der Waals surface area (Å²) < 4.78 is 0. The molecule has 8 nitrogen and oxygen atoms in total. The van der Waals surface area contributed by atoms with Gasteiger partial charge in [0.2, 0.25) is 5.82 Å². The first-order valence-electron chi connectivity index (χ1n) is 4.64. The SMILES string of the molecule is NN/C(N=O)=C1\C(=O)ONN1c1ccccc1. The fraction of sp³-hybridized carbons (Fsp3) is 0. The molecule has 1 aliphatic rings. The summed E-state index contributed by atoms with van der Waals surface area (Å²) in [5.74, 6) is 4.04. The van der Waals surface area contributed by atoms with Gasteiger partial charge in [-0.05, 0) is 17.3 Å². The Morgan fingerprint density at radius 1 is 1.41 bits per heavy atom. The first kappa shape index (κ1) is 11.0. The Bertz CT molecular complexity index is 473. The molecule has 1 saturated heterocycles. The fourth-order valence-electron chi connectivity index (χ4n) is 1.37. The summed E-state index contributed by atoms with van der Waals surface area (Å²) in [5.41, 5.74) is 4.89. The van der Waals surface area contributed by atoms with E-state index in [2.05, 4.69) is 15.6 Å². The number of carbonyl (C=O) groups excluding carboxylic acids is 1. The minimum Gasteiger partial charge on any atom is -0.345 e. The normalized spacial score (nSPS) is 17.7. The lowest BCUT2D eigenvalue weighted by molar-refractivity contribution is -0.140. The zero-order valence-electron chi connectivity index (χ0n) is 8.58. The number of hydrogen-bond acceptors (Lipinski definition) is 8. The number of anilines is 1. The van der Waals surface area contributed by atoms with Crippen LogP contribution < -0.4 is 21.9 Å². The van der Waals surface area contributed by atoms with Crippen LogP contribution in [0.1, 0.15) is 0 Å². The number of nitrogens with one attached hydrogen (secondary N) is 2. The van der Waals surface area contributed by atoms with Gasteiger partial charge in [-0.1, -0.05) is 23.8 Å². The van der Waals surface area contributed by atoms with Crippen molar-refractivity contribution in [3.05, 3.63) is 46.8 Å². The summed E-state index contributed by atoms with van der Waals surface area (Å²) in [6, 6.07) is 8.77. The Morgan fingerprint density at radius 3 is 2.71 bits per heavy atom. The van der Waals surface area contributed by atoms with Gasteiger partial charge in [0.25, 0.3) is 0 Å². The molecule has 1 aromatic rings. The van der Waals surface area contributed by atoms with Crippen molar-refractivity contribution >= 4 is 11.7 Å². The third kappa shape index (κ3) is 1.94. The predicted octanol–water partition coefficient (Wildman–Crippen LogP) is -0.132. The first-order valence-corrected chi connectivity index (χ1v) is 4.64. The topological polar surface area (TPSA) is 109 Å². The lowest BCUT2D eigenvalue weighted by atomic mass is 10.3. The van der Waals surface area contributed by atoms with Crippen LogP contribution in [-0.4, -0.2) is 5.97 Å². The van der Waals surface area contributed by atoms with E-state index in [1.807, 2.05) is 11.5 Å². The molecule has 17 heavy (non-hydrogen) atoms. The summed E-state index contributed by atoms with van der Waals surface area (Å²) >= 11 is 0. The average molecular weight is 235 g/mol. The van der Waals surface area contributed by atoms with E-state index < -0.39 is 5.97 Å². The van der Waals surface area contributed by atoms with Crippen molar-refractivity contribution < 1.29 is 9.63 Å². The summed E-state index contributed by atoms with van der Waals surface area (Å²) in [6.45, 7) is 0. The molecule has 0 atom stereocenters. The number of para-hydroxylation sites is 1. The Balaban J connectivity index is 2.45. The fourth-order valence-corrected chi connectivity index (χ4v) is 1.37. The van der Waals surface area contributed by atoms with Gasteiger partial charge in [-0.25, -0.2) is 15.6 Å². The van der Waals surface area contributed by atoms with E-state index in [0.717, 1.165) is 0 Å². The Hall–Kier alpha value is -2.45. The highest BCUT2D eigenvalue weighted by molar-refractivity contribution is 5.95. The van der Waals surface area contributed by atoms with Crippen molar-refractivity contribution in [1.82, 2.24) is 11.0 Å². The van der Waals surface area contributed by atoms with Crippen LogP contribution in [0.5, 0.6) is 0 Å². The van der Waals surface area contributed by atoms with Crippen LogP contribution in [0.4, 0.5) is 5.69 Å². The number of benzene rings is 1. The summed E-state index contributed by atoms with van der Waals surface area (Å²) in [6.07, 6.45) is 0. The van der Waals surface area contributed by atoms with Gasteiger partial charge >= 0.3 is 5.97 Å². The van der Waals surface area contributed by atoms with E-state index in [1.165, 1.54) is 5.01 Å². The monoisotopic (exact) mass is 235 g/mol. The van der Waals surface area contributed by atoms with Gasteiger partial charge in [0.1, 0.15) is 0 Å². The van der Waals surface area contributed by atoms with Gasteiger partial charge in [0.15, 0.2) is 5.70 Å². The lowest BCUT2D eigenvalue weighted by Crippen LogP contribution is -2.32. The Labute approximate surface area is 95.9 Å². The molecule has 2 rings (SSSR count). The van der Waals surface area contributed by atoms with Gasteiger partial charge in [-0.2, -0.15) is 0 Å². The number of carbonyl (C=O) groups is 1. The number of rotatable bonds is 3. The second-order valence-corrected chi connectivity index (χ2v) is 3.08. The van der Waals surface area contributed by atoms with Gasteiger partial charge in [0.05, 0.1) is 5.69 Å². The molecule has 1 heterocycles. The average Bonchev–Trinajstić information content (AvgIpc) is 2.75. The van der Waals surface area contributed by atoms with Crippen LogP contribution in [0.15, 0.2) is 47.0 Å². The molecule has 0 aliphatic carbocycles. The Kier molecular flexibility index (Phi) is 2.99. The minimum absolute atomic E-state index is 0.103. The largest absolute Gasteiger partial charge is 0.380 e. The maximum Gasteiger partial charge on any atom is 0.380 e. The third-order valence-corrected chi connectivity index (χ3v) is 2.11. The zero-order chi connectivity index (χ0) is 12.3. The van der Waals surface area contributed by atoms with E-state index >= 15 is 0 Å². The molecule has 0 saturated carbocycles. The number of nitrogens with zero attached hydrogens (tertiary/aromatic N) is 2. The molecule has 1 fully saturated rings. The molecule has 8 heteroatoms. The molecule has 0 radical (unpaired) electrons. The minimum atomic E-state index is -0.749. The molecule has 0 unspecified atom stereocenters. The highest BCUT2D eigenvalue weighted by atomic mass is 16.7. The van der Waals surface area contributed by atoms with Crippen molar-refractivity contribution in [2.75, 3.05) is 5.01 Å². The van der Waals surface area contributed by atoms with Crippen molar-refractivity contribution in [2.24, 2.45) is 11.0 Å². The molecule has 1 aromatic carbocycles. The van der Waals surface area contributed by atoms with E-state index in [0.29, 0.717) is 5.69 Å². The van der Waals surface area contributed by atoms with Crippen molar-refractivity contribution in [3.8, 4) is 0 Å². The second-order valence-electron chi connectivity index (χ2n) is 3.08. The highest BCUT2D eigenvalue weighted by Crippen LogP contribution is 2.23. The van der Waals surface area contributed by atoms with Crippen LogP contribution in [0.2, 0.25) is 0 Å². The quantitative estimate of drug-likeness (QED) is 0.289. The van der Waals surface area contributed by atoms with Crippen molar-refractivity contribution in [2.45, 2.75) is 0 Å². The van der Waals surface area contributed by atoms with Gasteiger partial charge < -0.3 is 10.3 Å². The van der Waals surface area contributed by atoms with E-state index in [9.17, 15) is 9.70 Å². The Morgan fingerprint density at radius 2 is 2.12 bits per heavy atom. The number of nitrogens with two attached hydrogens (primary N) is 1. The molecule has 1 aliphatic heterocycles. The van der Waals surface area contributed by atoms with E-state index in [4.69, 9.17) is 5.84 Å². The third-order valence-electron chi connectivity index (χ3n) is 2.11. The second kappa shape index (κ2) is 4.60. The number of nitroso groups, excluding NO2 is 1. The van der Waals surface area contributed by atoms with E-state index in [-0.39, 0.29) is 11.5 Å². The molecule has 4 N–H and O–H groups in total. The number of hydrogen-bond donors (Lipinski definition) is 3. The maximum atomic E-state index is 11.4. The smallest absolute Gasteiger partial charge is 0.345 e. The van der Waals surface area contributed by atoms with Crippen LogP contribution in [0, 0.1) is 4.91 Å². The highest BCUT2D eigenvalue weighted by Gasteiger charge is 2.33. The van der Waals surface area contributed by atoms with Gasteiger partial charge in [0, 0.05) is 0 Å². The predicted molar refractivity (Wildman–Crippen MR) is 58.3 cm³/mol. The van der Waals surface area contributed by atoms with Crippen molar-refractivity contribution in [1.29, 1.82) is 0 Å². The van der Waals surface area contributed by atoms with Crippen LogP contribution in [0.25, 0.3) is 0 Å². The molecule has 0 bridgehead atoms. The molecule has 0 amide bonds. The lowest BCUT2D eigenvalue weighted by Gasteiger charge is -2.15. The van der Waals surface area contributed by atoms with Gasteiger partial charge in [-0.15, -0.1) is 4.91 Å². The van der Waals surface area contributed by atoms with Gasteiger partial charge in [-0.3, -0.25) is 0 Å². The standard InChI is InChI=1S/C9H9N5O3/c10-11-8(12-16)7-9(15)17-13-14(7)6-4-2-1-3-5-6/h1-5,11,13H,10H2/b8-7-. The molecule has 88 valence electrons. The number of hydrazine groups is 2. The summed E-state index contributed by atoms with van der Waals surface area (Å²) in [5, 5.41) is 3.89. The van der Waals surface area contributed by atoms with Crippen LogP contribution in [0.3, 0.4) is 0 Å². The van der Waals surface area contributed by atoms with Crippen molar-refractivity contribution in [3.63, 3.8) is 0 Å². The summed E-state index contributed by atoms with van der Waals surface area (Å²) in [4.78, 5) is 26.6. The molecule has 0 spiro atoms. The molecular formula is C9H9N5O3. The molecule has 0 aromatic heterocycles. The van der Waals surface area contributed by atoms with Crippen LogP contribution >= 0.6 is 0 Å². The molecular weight excluding hydrogens is 226 g/mol. The summed E-state index contributed by atoms with van der Waals surface area (Å²) in [7, 11) is 0. The zero-order valence-corrected chi connectivity index (χ0v) is 8.58. The van der Waals surface area contributed by atoms with Crippen LogP contribution in [-0.2, 0) is 9.63 Å². The van der Waals surface area contributed by atoms with E-state index in [1.54, 1.807) is 24.3 Å². The maximum absolute atomic E-state index is 11.4. The first-order chi connectivity index (χ1) is 8.27.